The second kappa shape index (κ2) is 3.95. The lowest BCUT2D eigenvalue weighted by atomic mass is 9.83. The van der Waals surface area contributed by atoms with Gasteiger partial charge in [-0.2, -0.15) is 0 Å². The van der Waals surface area contributed by atoms with Gasteiger partial charge in [-0.15, -0.1) is 12.4 Å². The van der Waals surface area contributed by atoms with Crippen LogP contribution in [0.3, 0.4) is 0 Å². The highest BCUT2D eigenvalue weighted by atomic mass is 35.5. The summed E-state index contributed by atoms with van der Waals surface area (Å²) in [5, 5.41) is 3.43. The zero-order valence-corrected chi connectivity index (χ0v) is 8.45. The van der Waals surface area contributed by atoms with E-state index in [1.165, 1.54) is 32.2 Å². The number of hydrogen-bond donors (Lipinski definition) is 1. The molecule has 1 aliphatic carbocycles. The van der Waals surface area contributed by atoms with Gasteiger partial charge in [0.2, 0.25) is 0 Å². The Labute approximate surface area is 80.5 Å². The molecule has 2 fully saturated rings. The van der Waals surface area contributed by atoms with Crippen LogP contribution in [0.1, 0.15) is 25.7 Å². The van der Waals surface area contributed by atoms with Crippen LogP contribution in [-0.4, -0.2) is 26.3 Å². The molecular formula is C9H18ClNO. The summed E-state index contributed by atoms with van der Waals surface area (Å²) in [6, 6.07) is 0. The summed E-state index contributed by atoms with van der Waals surface area (Å²) in [7, 11) is 1.84. The molecule has 0 aromatic carbocycles. The van der Waals surface area contributed by atoms with Gasteiger partial charge in [0.25, 0.3) is 0 Å². The van der Waals surface area contributed by atoms with E-state index in [1.54, 1.807) is 0 Å². The second-order valence-electron chi connectivity index (χ2n) is 3.92. The molecule has 0 radical (unpaired) electrons. The maximum Gasteiger partial charge on any atom is 0.0763 e. The fraction of sp³-hybridized carbons (Fsp3) is 1.00. The number of rotatable bonds is 1. The van der Waals surface area contributed by atoms with Crippen molar-refractivity contribution in [1.29, 1.82) is 0 Å². The summed E-state index contributed by atoms with van der Waals surface area (Å²) < 4.78 is 5.49. The highest BCUT2D eigenvalue weighted by Gasteiger charge is 2.44. The number of methoxy groups -OCH3 is 1. The van der Waals surface area contributed by atoms with Gasteiger partial charge in [0, 0.05) is 25.6 Å². The molecule has 0 aromatic rings. The largest absolute Gasteiger partial charge is 0.380 e. The molecule has 1 saturated carbocycles. The average molecular weight is 192 g/mol. The van der Waals surface area contributed by atoms with Crippen LogP contribution in [0.5, 0.6) is 0 Å². The fourth-order valence-electron chi connectivity index (χ4n) is 2.69. The molecule has 2 aliphatic rings. The second-order valence-corrected chi connectivity index (χ2v) is 3.92. The van der Waals surface area contributed by atoms with Gasteiger partial charge in [0.1, 0.15) is 0 Å². The Hall–Kier alpha value is 0.210. The van der Waals surface area contributed by atoms with Crippen LogP contribution in [0.4, 0.5) is 0 Å². The van der Waals surface area contributed by atoms with Crippen LogP contribution in [0.2, 0.25) is 0 Å². The molecule has 1 spiro atoms. The van der Waals surface area contributed by atoms with Crippen molar-refractivity contribution in [3.63, 3.8) is 0 Å². The minimum Gasteiger partial charge on any atom is -0.380 e. The first kappa shape index (κ1) is 10.3. The van der Waals surface area contributed by atoms with E-state index in [0.717, 1.165) is 6.54 Å². The molecule has 1 atom stereocenters. The molecule has 0 amide bonds. The van der Waals surface area contributed by atoms with Crippen molar-refractivity contribution < 1.29 is 4.74 Å². The summed E-state index contributed by atoms with van der Waals surface area (Å²) >= 11 is 0. The van der Waals surface area contributed by atoms with E-state index in [4.69, 9.17) is 4.74 Å². The Morgan fingerprint density at radius 3 is 2.58 bits per heavy atom. The maximum absolute atomic E-state index is 5.49. The quantitative estimate of drug-likeness (QED) is 0.680. The lowest BCUT2D eigenvalue weighted by molar-refractivity contribution is 0.0280. The summed E-state index contributed by atoms with van der Waals surface area (Å²) in [4.78, 5) is 0. The molecule has 1 aliphatic heterocycles. The van der Waals surface area contributed by atoms with Gasteiger partial charge in [-0.25, -0.2) is 0 Å². The lowest BCUT2D eigenvalue weighted by Crippen LogP contribution is -2.32. The molecule has 1 unspecified atom stereocenters. The topological polar surface area (TPSA) is 21.3 Å². The van der Waals surface area contributed by atoms with E-state index in [2.05, 4.69) is 5.32 Å². The zero-order valence-electron chi connectivity index (χ0n) is 7.64. The molecule has 72 valence electrons. The van der Waals surface area contributed by atoms with E-state index in [0.29, 0.717) is 11.5 Å². The van der Waals surface area contributed by atoms with Crippen LogP contribution in [0, 0.1) is 5.41 Å². The van der Waals surface area contributed by atoms with E-state index in [-0.39, 0.29) is 12.4 Å². The fourth-order valence-corrected chi connectivity index (χ4v) is 2.69. The van der Waals surface area contributed by atoms with Gasteiger partial charge in [-0.3, -0.25) is 0 Å². The Morgan fingerprint density at radius 1 is 1.33 bits per heavy atom. The predicted octanol–water partition coefficient (Wildman–Crippen LogP) is 1.59. The third-order valence-electron chi connectivity index (χ3n) is 3.37. The molecular weight excluding hydrogens is 174 g/mol. The first-order chi connectivity index (χ1) is 5.37. The molecule has 0 aromatic heterocycles. The number of nitrogens with one attached hydrogen (secondary N) is 1. The van der Waals surface area contributed by atoms with Gasteiger partial charge in [-0.1, -0.05) is 12.8 Å². The van der Waals surface area contributed by atoms with E-state index < -0.39 is 0 Å². The Bertz CT molecular complexity index is 140. The smallest absolute Gasteiger partial charge is 0.0763 e. The van der Waals surface area contributed by atoms with Gasteiger partial charge in [0.05, 0.1) is 6.10 Å². The van der Waals surface area contributed by atoms with Crippen molar-refractivity contribution in [2.75, 3.05) is 20.2 Å². The number of ether oxygens (including phenoxy) is 1. The standard InChI is InChI=1S/C9H17NO.ClH/c1-11-8-6-10-7-9(8)4-2-3-5-9;/h8,10H,2-7H2,1H3;1H. The van der Waals surface area contributed by atoms with Crippen molar-refractivity contribution in [2.45, 2.75) is 31.8 Å². The monoisotopic (exact) mass is 191 g/mol. The van der Waals surface area contributed by atoms with Crippen molar-refractivity contribution in [1.82, 2.24) is 5.32 Å². The maximum atomic E-state index is 5.49. The lowest BCUT2D eigenvalue weighted by Gasteiger charge is -2.28. The molecule has 0 bridgehead atoms. The highest BCUT2D eigenvalue weighted by Crippen LogP contribution is 2.43. The van der Waals surface area contributed by atoms with Gasteiger partial charge < -0.3 is 10.1 Å². The number of hydrogen-bond acceptors (Lipinski definition) is 2. The van der Waals surface area contributed by atoms with Gasteiger partial charge in [-0.05, 0) is 12.8 Å². The van der Waals surface area contributed by atoms with E-state index in [1.807, 2.05) is 7.11 Å². The zero-order chi connectivity index (χ0) is 7.73. The summed E-state index contributed by atoms with van der Waals surface area (Å²) in [5.74, 6) is 0. The Balaban J connectivity index is 0.000000720. The van der Waals surface area contributed by atoms with Gasteiger partial charge in [0.15, 0.2) is 0 Å². The SMILES string of the molecule is COC1CNCC12CCCC2.Cl. The summed E-state index contributed by atoms with van der Waals surface area (Å²) in [6.45, 7) is 2.25. The first-order valence-corrected chi connectivity index (χ1v) is 4.61. The summed E-state index contributed by atoms with van der Waals surface area (Å²) in [6.07, 6.45) is 6.05. The van der Waals surface area contributed by atoms with E-state index in [9.17, 15) is 0 Å². The van der Waals surface area contributed by atoms with Crippen molar-refractivity contribution in [3.8, 4) is 0 Å². The van der Waals surface area contributed by atoms with Crippen molar-refractivity contribution in [2.24, 2.45) is 5.41 Å². The van der Waals surface area contributed by atoms with E-state index >= 15 is 0 Å². The normalized spacial score (nSPS) is 32.2. The average Bonchev–Trinajstić information content (AvgIpc) is 2.62. The molecule has 2 nitrogen and oxygen atoms in total. The molecule has 1 N–H and O–H groups in total. The van der Waals surface area contributed by atoms with Gasteiger partial charge >= 0.3 is 0 Å². The Morgan fingerprint density at radius 2 is 2.00 bits per heavy atom. The van der Waals surface area contributed by atoms with Crippen LogP contribution in [-0.2, 0) is 4.74 Å². The van der Waals surface area contributed by atoms with Crippen molar-refractivity contribution in [3.05, 3.63) is 0 Å². The van der Waals surface area contributed by atoms with Crippen molar-refractivity contribution >= 4 is 12.4 Å². The number of halogens is 1. The third kappa shape index (κ3) is 1.48. The predicted molar refractivity (Wildman–Crippen MR) is 51.8 cm³/mol. The molecule has 3 heteroatoms. The first-order valence-electron chi connectivity index (χ1n) is 4.61. The van der Waals surface area contributed by atoms with Crippen LogP contribution in [0.25, 0.3) is 0 Å². The minimum atomic E-state index is 0. The minimum absolute atomic E-state index is 0. The third-order valence-corrected chi connectivity index (χ3v) is 3.37. The van der Waals surface area contributed by atoms with Crippen LogP contribution < -0.4 is 5.32 Å². The Kier molecular flexibility index (Phi) is 3.38. The van der Waals surface area contributed by atoms with Crippen LogP contribution >= 0.6 is 12.4 Å². The molecule has 12 heavy (non-hydrogen) atoms. The molecule has 1 saturated heterocycles. The van der Waals surface area contributed by atoms with Crippen LogP contribution in [0.15, 0.2) is 0 Å². The summed E-state index contributed by atoms with van der Waals surface area (Å²) in [5.41, 5.74) is 0.523. The molecule has 1 heterocycles. The highest BCUT2D eigenvalue weighted by molar-refractivity contribution is 5.85. The molecule has 2 rings (SSSR count).